The van der Waals surface area contributed by atoms with Gasteiger partial charge in [-0.3, -0.25) is 9.48 Å². The SMILES string of the molecule is Cc1cc(C(=O)Nc2cnn(C(C)(C)C(=O)O)c2)cc(C)c1F. The summed E-state index contributed by atoms with van der Waals surface area (Å²) in [6.07, 6.45) is 2.81. The van der Waals surface area contributed by atoms with E-state index in [9.17, 15) is 14.0 Å². The van der Waals surface area contributed by atoms with Gasteiger partial charge in [0.25, 0.3) is 5.91 Å². The van der Waals surface area contributed by atoms with E-state index in [4.69, 9.17) is 5.11 Å². The fraction of sp³-hybridized carbons (Fsp3) is 0.312. The molecule has 0 aliphatic rings. The van der Waals surface area contributed by atoms with Crippen molar-refractivity contribution in [2.24, 2.45) is 0 Å². The number of anilines is 1. The van der Waals surface area contributed by atoms with E-state index in [1.165, 1.54) is 43.1 Å². The molecule has 0 saturated heterocycles. The molecule has 23 heavy (non-hydrogen) atoms. The first-order valence-electron chi connectivity index (χ1n) is 6.99. The number of aryl methyl sites for hydroxylation is 2. The minimum Gasteiger partial charge on any atom is -0.479 e. The Hall–Kier alpha value is -2.70. The van der Waals surface area contributed by atoms with E-state index in [0.717, 1.165) is 0 Å². The fourth-order valence-corrected chi connectivity index (χ4v) is 2.07. The lowest BCUT2D eigenvalue weighted by atomic mass is 10.1. The molecule has 2 aromatic rings. The van der Waals surface area contributed by atoms with Crippen molar-refractivity contribution in [2.45, 2.75) is 33.2 Å². The molecular formula is C16H18FN3O3. The van der Waals surface area contributed by atoms with Gasteiger partial charge in [0.05, 0.1) is 11.9 Å². The fourth-order valence-electron chi connectivity index (χ4n) is 2.07. The lowest BCUT2D eigenvalue weighted by molar-refractivity contribution is -0.146. The molecule has 0 saturated carbocycles. The Balaban J connectivity index is 2.22. The van der Waals surface area contributed by atoms with Crippen LogP contribution < -0.4 is 5.32 Å². The maximum absolute atomic E-state index is 13.6. The Morgan fingerprint density at radius 3 is 2.35 bits per heavy atom. The van der Waals surface area contributed by atoms with Crippen molar-refractivity contribution < 1.29 is 19.1 Å². The van der Waals surface area contributed by atoms with Crippen molar-refractivity contribution >= 4 is 17.6 Å². The molecule has 6 nitrogen and oxygen atoms in total. The van der Waals surface area contributed by atoms with E-state index in [-0.39, 0.29) is 5.82 Å². The van der Waals surface area contributed by atoms with Crippen LogP contribution in [0.2, 0.25) is 0 Å². The average molecular weight is 319 g/mol. The van der Waals surface area contributed by atoms with Crippen molar-refractivity contribution in [3.63, 3.8) is 0 Å². The highest BCUT2D eigenvalue weighted by atomic mass is 19.1. The molecule has 122 valence electrons. The summed E-state index contributed by atoms with van der Waals surface area (Å²) in [6, 6.07) is 2.92. The van der Waals surface area contributed by atoms with E-state index in [1.54, 1.807) is 13.8 Å². The van der Waals surface area contributed by atoms with E-state index < -0.39 is 17.4 Å². The Bertz CT molecular complexity index is 758. The quantitative estimate of drug-likeness (QED) is 0.907. The molecule has 1 aromatic heterocycles. The number of amides is 1. The summed E-state index contributed by atoms with van der Waals surface area (Å²) in [7, 11) is 0. The number of aliphatic carboxylic acids is 1. The number of nitrogens with one attached hydrogen (secondary N) is 1. The van der Waals surface area contributed by atoms with Crippen LogP contribution in [-0.4, -0.2) is 26.8 Å². The lowest BCUT2D eigenvalue weighted by Crippen LogP contribution is -2.35. The number of hydrogen-bond donors (Lipinski definition) is 2. The van der Waals surface area contributed by atoms with Gasteiger partial charge < -0.3 is 10.4 Å². The summed E-state index contributed by atoms with van der Waals surface area (Å²) < 4.78 is 14.9. The number of hydrogen-bond acceptors (Lipinski definition) is 3. The molecule has 0 aliphatic heterocycles. The third-order valence-electron chi connectivity index (χ3n) is 3.64. The number of halogens is 1. The van der Waals surface area contributed by atoms with E-state index in [2.05, 4.69) is 10.4 Å². The number of carboxylic acid groups (broad SMARTS) is 1. The van der Waals surface area contributed by atoms with Crippen LogP contribution in [0, 0.1) is 19.7 Å². The van der Waals surface area contributed by atoms with Crippen LogP contribution in [-0.2, 0) is 10.3 Å². The second kappa shape index (κ2) is 5.83. The van der Waals surface area contributed by atoms with Crippen molar-refractivity contribution in [1.82, 2.24) is 9.78 Å². The zero-order chi connectivity index (χ0) is 17.4. The van der Waals surface area contributed by atoms with Crippen LogP contribution in [0.4, 0.5) is 10.1 Å². The van der Waals surface area contributed by atoms with Gasteiger partial charge in [0.2, 0.25) is 0 Å². The molecule has 7 heteroatoms. The van der Waals surface area contributed by atoms with Crippen LogP contribution in [0.25, 0.3) is 0 Å². The largest absolute Gasteiger partial charge is 0.479 e. The summed E-state index contributed by atoms with van der Waals surface area (Å²) in [6.45, 7) is 6.18. The van der Waals surface area contributed by atoms with Crippen LogP contribution in [0.1, 0.15) is 35.3 Å². The number of carbonyl (C=O) groups excluding carboxylic acids is 1. The average Bonchev–Trinajstić information content (AvgIpc) is 2.93. The Morgan fingerprint density at radius 1 is 1.26 bits per heavy atom. The summed E-state index contributed by atoms with van der Waals surface area (Å²) in [5.74, 6) is -1.79. The van der Waals surface area contributed by atoms with E-state index in [1.807, 2.05) is 0 Å². The predicted molar refractivity (Wildman–Crippen MR) is 83.0 cm³/mol. The first-order valence-corrected chi connectivity index (χ1v) is 6.99. The Labute approximate surface area is 132 Å². The second-order valence-corrected chi connectivity index (χ2v) is 5.92. The van der Waals surface area contributed by atoms with Gasteiger partial charge in [-0.1, -0.05) is 0 Å². The van der Waals surface area contributed by atoms with Crippen LogP contribution >= 0.6 is 0 Å². The Kier molecular flexibility index (Phi) is 4.22. The van der Waals surface area contributed by atoms with E-state index >= 15 is 0 Å². The zero-order valence-corrected chi connectivity index (χ0v) is 13.3. The molecule has 0 radical (unpaired) electrons. The number of benzene rings is 1. The van der Waals surface area contributed by atoms with Gasteiger partial charge in [0.1, 0.15) is 5.82 Å². The van der Waals surface area contributed by atoms with Crippen LogP contribution in [0.5, 0.6) is 0 Å². The zero-order valence-electron chi connectivity index (χ0n) is 13.3. The smallest absolute Gasteiger partial charge is 0.331 e. The third-order valence-corrected chi connectivity index (χ3v) is 3.64. The van der Waals surface area contributed by atoms with Gasteiger partial charge in [-0.15, -0.1) is 0 Å². The van der Waals surface area contributed by atoms with Gasteiger partial charge >= 0.3 is 5.97 Å². The molecule has 1 aromatic carbocycles. The Morgan fingerprint density at radius 2 is 1.83 bits per heavy atom. The molecule has 0 fully saturated rings. The number of rotatable bonds is 4. The van der Waals surface area contributed by atoms with Crippen molar-refractivity contribution in [2.75, 3.05) is 5.32 Å². The minimum atomic E-state index is -1.23. The lowest BCUT2D eigenvalue weighted by Gasteiger charge is -2.19. The molecule has 1 heterocycles. The summed E-state index contributed by atoms with van der Waals surface area (Å²) in [4.78, 5) is 23.4. The molecule has 0 aliphatic carbocycles. The summed E-state index contributed by atoms with van der Waals surface area (Å²) in [5, 5.41) is 15.8. The molecule has 2 rings (SSSR count). The normalized spacial score (nSPS) is 11.3. The molecule has 0 atom stereocenters. The van der Waals surface area contributed by atoms with Crippen molar-refractivity contribution in [3.8, 4) is 0 Å². The van der Waals surface area contributed by atoms with Crippen molar-refractivity contribution in [1.29, 1.82) is 0 Å². The molecule has 0 bridgehead atoms. The highest BCUT2D eigenvalue weighted by Gasteiger charge is 2.30. The summed E-state index contributed by atoms with van der Waals surface area (Å²) >= 11 is 0. The molecule has 0 unspecified atom stereocenters. The van der Waals surface area contributed by atoms with Gasteiger partial charge in [0.15, 0.2) is 5.54 Å². The molecule has 2 N–H and O–H groups in total. The number of carboxylic acids is 1. The van der Waals surface area contributed by atoms with Gasteiger partial charge in [-0.05, 0) is 51.0 Å². The highest BCUT2D eigenvalue weighted by molar-refractivity contribution is 6.04. The van der Waals surface area contributed by atoms with Gasteiger partial charge in [-0.2, -0.15) is 5.10 Å². The van der Waals surface area contributed by atoms with Crippen LogP contribution in [0.3, 0.4) is 0 Å². The standard InChI is InChI=1S/C16H18FN3O3/c1-9-5-11(6-10(2)13(9)17)14(21)19-12-7-18-20(8-12)16(3,4)15(22)23/h5-8H,1-4H3,(H,19,21)(H,22,23). The first-order chi connectivity index (χ1) is 10.6. The molecule has 1 amide bonds. The number of aromatic nitrogens is 2. The predicted octanol–water partition coefficient (Wildman–Crippen LogP) is 2.71. The maximum Gasteiger partial charge on any atom is 0.331 e. The monoisotopic (exact) mass is 319 g/mol. The maximum atomic E-state index is 13.6. The number of nitrogens with zero attached hydrogens (tertiary/aromatic N) is 2. The highest BCUT2D eigenvalue weighted by Crippen LogP contribution is 2.19. The number of carbonyl (C=O) groups is 2. The summed E-state index contributed by atoms with van der Waals surface area (Å²) in [5.41, 5.74) is 0.234. The molecule has 0 spiro atoms. The van der Waals surface area contributed by atoms with Crippen LogP contribution in [0.15, 0.2) is 24.5 Å². The first kappa shape index (κ1) is 16.7. The van der Waals surface area contributed by atoms with E-state index in [0.29, 0.717) is 22.4 Å². The minimum absolute atomic E-state index is 0.326. The molecular weight excluding hydrogens is 301 g/mol. The third kappa shape index (κ3) is 3.23. The second-order valence-electron chi connectivity index (χ2n) is 5.92. The topological polar surface area (TPSA) is 84.2 Å². The van der Waals surface area contributed by atoms with Gasteiger partial charge in [-0.25, -0.2) is 9.18 Å². The van der Waals surface area contributed by atoms with Gasteiger partial charge in [0, 0.05) is 11.8 Å². The van der Waals surface area contributed by atoms with Crippen molar-refractivity contribution in [3.05, 3.63) is 47.0 Å².